The molecule has 0 aromatic carbocycles. The van der Waals surface area contributed by atoms with Gasteiger partial charge in [0.05, 0.1) is 11.9 Å². The molecule has 2 N–H and O–H groups in total. The molecule has 2 amide bonds. The van der Waals surface area contributed by atoms with Crippen molar-refractivity contribution in [3.8, 4) is 0 Å². The van der Waals surface area contributed by atoms with Gasteiger partial charge in [-0.15, -0.1) is 0 Å². The first-order chi connectivity index (χ1) is 10.7. The number of pyridine rings is 2. The quantitative estimate of drug-likeness (QED) is 0.909. The van der Waals surface area contributed by atoms with E-state index in [9.17, 15) is 9.59 Å². The molecule has 0 saturated carbocycles. The summed E-state index contributed by atoms with van der Waals surface area (Å²) in [4.78, 5) is 31.9. The Morgan fingerprint density at radius 2 is 2.23 bits per heavy atom. The van der Waals surface area contributed by atoms with E-state index in [4.69, 9.17) is 0 Å². The van der Waals surface area contributed by atoms with E-state index in [1.165, 1.54) is 0 Å². The molecule has 2 aromatic rings. The number of aryl methyl sites for hydroxylation is 2. The summed E-state index contributed by atoms with van der Waals surface area (Å²) in [6.07, 6.45) is 6.67. The van der Waals surface area contributed by atoms with Crippen LogP contribution in [-0.4, -0.2) is 21.8 Å². The second-order valence-corrected chi connectivity index (χ2v) is 5.12. The molecular formula is C16H16N4O2. The van der Waals surface area contributed by atoms with Crippen LogP contribution in [0.3, 0.4) is 0 Å². The van der Waals surface area contributed by atoms with Crippen molar-refractivity contribution in [3.05, 3.63) is 47.4 Å². The van der Waals surface area contributed by atoms with Crippen molar-refractivity contribution in [2.75, 3.05) is 10.6 Å². The topological polar surface area (TPSA) is 84.0 Å². The number of hydrogen-bond acceptors (Lipinski definition) is 4. The highest BCUT2D eigenvalue weighted by molar-refractivity contribution is 6.05. The van der Waals surface area contributed by atoms with Gasteiger partial charge >= 0.3 is 0 Å². The number of aromatic nitrogens is 2. The number of fused-ring (bicyclic) bond motifs is 1. The third kappa shape index (κ3) is 2.81. The molecule has 3 rings (SSSR count). The molecule has 112 valence electrons. The number of amides is 2. The van der Waals surface area contributed by atoms with Crippen LogP contribution in [0.2, 0.25) is 0 Å². The third-order valence-corrected chi connectivity index (χ3v) is 3.63. The molecule has 1 aliphatic rings. The maximum atomic E-state index is 12.4. The molecule has 22 heavy (non-hydrogen) atoms. The molecule has 3 heterocycles. The summed E-state index contributed by atoms with van der Waals surface area (Å²) in [5.41, 5.74) is 3.07. The molecule has 0 saturated heterocycles. The van der Waals surface area contributed by atoms with Gasteiger partial charge in [-0.3, -0.25) is 14.6 Å². The summed E-state index contributed by atoms with van der Waals surface area (Å²) >= 11 is 0. The Morgan fingerprint density at radius 3 is 3.05 bits per heavy atom. The fourth-order valence-electron chi connectivity index (χ4n) is 2.45. The number of carbonyl (C=O) groups excluding carboxylic acids is 2. The molecule has 6 heteroatoms. The minimum Gasteiger partial charge on any atom is -0.321 e. The monoisotopic (exact) mass is 296 g/mol. The van der Waals surface area contributed by atoms with Crippen LogP contribution in [0.4, 0.5) is 11.5 Å². The molecule has 0 bridgehead atoms. The number of nitrogens with zero attached hydrogens (tertiary/aromatic N) is 2. The molecule has 0 unspecified atom stereocenters. The fourth-order valence-corrected chi connectivity index (χ4v) is 2.45. The van der Waals surface area contributed by atoms with E-state index in [-0.39, 0.29) is 11.8 Å². The van der Waals surface area contributed by atoms with E-state index < -0.39 is 0 Å². The van der Waals surface area contributed by atoms with Gasteiger partial charge in [-0.25, -0.2) is 4.98 Å². The Labute approximate surface area is 128 Å². The zero-order valence-electron chi connectivity index (χ0n) is 12.2. The Hall–Kier alpha value is -2.76. The van der Waals surface area contributed by atoms with Gasteiger partial charge in [0.2, 0.25) is 5.91 Å². The average molecular weight is 296 g/mol. The van der Waals surface area contributed by atoms with Gasteiger partial charge in [0.15, 0.2) is 0 Å². The van der Waals surface area contributed by atoms with E-state index in [1.54, 1.807) is 24.7 Å². The lowest BCUT2D eigenvalue weighted by molar-refractivity contribution is -0.116. The van der Waals surface area contributed by atoms with Gasteiger partial charge in [0, 0.05) is 24.4 Å². The van der Waals surface area contributed by atoms with Gasteiger partial charge in [-0.1, -0.05) is 6.92 Å². The molecule has 0 spiro atoms. The first-order valence-corrected chi connectivity index (χ1v) is 7.20. The van der Waals surface area contributed by atoms with E-state index in [0.29, 0.717) is 29.9 Å². The lowest BCUT2D eigenvalue weighted by Crippen LogP contribution is -2.21. The van der Waals surface area contributed by atoms with Crippen molar-refractivity contribution in [2.45, 2.75) is 26.2 Å². The minimum atomic E-state index is -0.180. The predicted molar refractivity (Wildman–Crippen MR) is 82.8 cm³/mol. The van der Waals surface area contributed by atoms with Gasteiger partial charge in [-0.2, -0.15) is 0 Å². The van der Waals surface area contributed by atoms with Gasteiger partial charge < -0.3 is 10.6 Å². The second-order valence-electron chi connectivity index (χ2n) is 5.12. The molecule has 0 aliphatic carbocycles. The molecular weight excluding hydrogens is 280 g/mol. The van der Waals surface area contributed by atoms with E-state index in [0.717, 1.165) is 17.5 Å². The van der Waals surface area contributed by atoms with Crippen molar-refractivity contribution in [1.82, 2.24) is 9.97 Å². The van der Waals surface area contributed by atoms with Crippen LogP contribution in [0.1, 0.15) is 34.8 Å². The van der Waals surface area contributed by atoms with E-state index in [1.807, 2.05) is 13.0 Å². The Bertz CT molecular complexity index is 743. The summed E-state index contributed by atoms with van der Waals surface area (Å²) < 4.78 is 0. The van der Waals surface area contributed by atoms with E-state index in [2.05, 4.69) is 20.6 Å². The molecule has 1 aliphatic heterocycles. The highest BCUT2D eigenvalue weighted by Crippen LogP contribution is 2.23. The number of hydrogen-bond donors (Lipinski definition) is 2. The van der Waals surface area contributed by atoms with Crippen LogP contribution in [0.25, 0.3) is 0 Å². The van der Waals surface area contributed by atoms with Gasteiger partial charge in [-0.05, 0) is 36.1 Å². The fraction of sp³-hybridized carbons (Fsp3) is 0.250. The van der Waals surface area contributed by atoms with Gasteiger partial charge in [0.1, 0.15) is 5.82 Å². The highest BCUT2D eigenvalue weighted by Gasteiger charge is 2.17. The van der Waals surface area contributed by atoms with Crippen LogP contribution in [0.15, 0.2) is 30.7 Å². The maximum Gasteiger partial charge on any atom is 0.256 e. The first kappa shape index (κ1) is 14.2. The van der Waals surface area contributed by atoms with Crippen molar-refractivity contribution in [2.24, 2.45) is 0 Å². The lowest BCUT2D eigenvalue weighted by Gasteiger charge is -2.16. The summed E-state index contributed by atoms with van der Waals surface area (Å²) in [7, 11) is 0. The largest absolute Gasteiger partial charge is 0.321 e. The number of carbonyl (C=O) groups is 2. The maximum absolute atomic E-state index is 12.4. The third-order valence-electron chi connectivity index (χ3n) is 3.63. The highest BCUT2D eigenvalue weighted by atomic mass is 16.2. The first-order valence-electron chi connectivity index (χ1n) is 7.20. The Balaban J connectivity index is 1.81. The molecule has 0 radical (unpaired) electrons. The van der Waals surface area contributed by atoms with Crippen molar-refractivity contribution < 1.29 is 9.59 Å². The predicted octanol–water partition coefficient (Wildman–Crippen LogP) is 2.18. The van der Waals surface area contributed by atoms with Crippen LogP contribution in [-0.2, 0) is 17.6 Å². The van der Waals surface area contributed by atoms with Crippen LogP contribution in [0, 0.1) is 0 Å². The summed E-state index contributed by atoms with van der Waals surface area (Å²) in [6.45, 7) is 1.98. The average Bonchev–Trinajstić information content (AvgIpc) is 2.55. The standard InChI is InChI=1S/C16H16N4O2/c1-2-10-8-17-6-5-13(10)16(22)19-12-7-11-3-4-14(21)20-15(11)18-9-12/h5-9H,2-4H2,1H3,(H,19,22)(H,18,20,21). The SMILES string of the molecule is CCc1cnccc1C(=O)Nc1cnc2c(c1)CCC(=O)N2. The Morgan fingerprint density at radius 1 is 1.36 bits per heavy atom. The van der Waals surface area contributed by atoms with Crippen LogP contribution in [0.5, 0.6) is 0 Å². The second kappa shape index (κ2) is 5.93. The molecule has 2 aromatic heterocycles. The summed E-state index contributed by atoms with van der Waals surface area (Å²) in [5, 5.41) is 5.57. The zero-order valence-corrected chi connectivity index (χ0v) is 12.2. The molecule has 0 atom stereocenters. The number of anilines is 2. The number of nitrogens with one attached hydrogen (secondary N) is 2. The smallest absolute Gasteiger partial charge is 0.256 e. The number of rotatable bonds is 3. The summed E-state index contributed by atoms with van der Waals surface area (Å²) in [6, 6.07) is 3.56. The van der Waals surface area contributed by atoms with Crippen molar-refractivity contribution >= 4 is 23.3 Å². The van der Waals surface area contributed by atoms with Crippen molar-refractivity contribution in [3.63, 3.8) is 0 Å². The van der Waals surface area contributed by atoms with E-state index >= 15 is 0 Å². The molecule has 6 nitrogen and oxygen atoms in total. The van der Waals surface area contributed by atoms with Crippen LogP contribution < -0.4 is 10.6 Å². The minimum absolute atomic E-state index is 0.0267. The summed E-state index contributed by atoms with van der Waals surface area (Å²) in [5.74, 6) is 0.370. The van der Waals surface area contributed by atoms with Crippen molar-refractivity contribution in [1.29, 1.82) is 0 Å². The lowest BCUT2D eigenvalue weighted by atomic mass is 10.1. The Kier molecular flexibility index (Phi) is 3.82. The normalized spacial score (nSPS) is 13.2. The van der Waals surface area contributed by atoms with Gasteiger partial charge in [0.25, 0.3) is 5.91 Å². The zero-order chi connectivity index (χ0) is 15.5. The molecule has 0 fully saturated rings. The van der Waals surface area contributed by atoms with Crippen LogP contribution >= 0.6 is 0 Å².